The fourth-order valence-electron chi connectivity index (χ4n) is 4.96. The molecular weight excluding hydrogens is 524 g/mol. The second kappa shape index (κ2) is 12.1. The number of carbonyl (C=O) groups excluding carboxylic acids is 1. The fourth-order valence-corrected chi connectivity index (χ4v) is 4.96. The molecule has 0 radical (unpaired) electrons. The van der Waals surface area contributed by atoms with Crippen LogP contribution in [-0.2, 0) is 0 Å². The topological polar surface area (TPSA) is 132 Å². The Morgan fingerprint density at radius 1 is 0.951 bits per heavy atom. The average Bonchev–Trinajstić information content (AvgIpc) is 2.98. The van der Waals surface area contributed by atoms with Gasteiger partial charge in [-0.25, -0.2) is 4.98 Å². The van der Waals surface area contributed by atoms with E-state index in [0.717, 1.165) is 42.4 Å². The number of hydrogen-bond acceptors (Lipinski definition) is 9. The number of para-hydroxylation sites is 1. The molecule has 0 saturated heterocycles. The number of benzene rings is 3. The first-order valence-corrected chi connectivity index (χ1v) is 13.4. The van der Waals surface area contributed by atoms with Crippen LogP contribution in [0, 0.1) is 10.1 Å². The molecule has 1 fully saturated rings. The van der Waals surface area contributed by atoms with E-state index in [4.69, 9.17) is 19.4 Å². The minimum atomic E-state index is -0.526. The van der Waals surface area contributed by atoms with Gasteiger partial charge in [0, 0.05) is 43.7 Å². The van der Waals surface area contributed by atoms with Crippen molar-refractivity contribution in [1.82, 2.24) is 15.3 Å². The van der Waals surface area contributed by atoms with Gasteiger partial charge < -0.3 is 25.0 Å². The van der Waals surface area contributed by atoms with E-state index >= 15 is 0 Å². The first-order valence-electron chi connectivity index (χ1n) is 13.4. The van der Waals surface area contributed by atoms with E-state index in [1.54, 1.807) is 31.4 Å². The number of fused-ring (bicyclic) bond motifs is 1. The number of methoxy groups -OCH3 is 1. The maximum absolute atomic E-state index is 13.3. The van der Waals surface area contributed by atoms with Gasteiger partial charge in [0.05, 0.1) is 23.1 Å². The zero-order valence-corrected chi connectivity index (χ0v) is 23.2. The number of non-ortho nitro benzene ring substituents is 1. The van der Waals surface area contributed by atoms with E-state index in [2.05, 4.69) is 10.6 Å². The maximum atomic E-state index is 13.3. The molecule has 41 heavy (non-hydrogen) atoms. The van der Waals surface area contributed by atoms with E-state index in [1.807, 2.05) is 43.3 Å². The van der Waals surface area contributed by atoms with Gasteiger partial charge in [-0.15, -0.1) is 0 Å². The molecule has 1 aliphatic rings. The Hall–Kier alpha value is -4.93. The van der Waals surface area contributed by atoms with Gasteiger partial charge in [-0.05, 0) is 68.1 Å². The molecule has 0 unspecified atom stereocenters. The molecule has 4 aromatic rings. The molecule has 0 bridgehead atoms. The maximum Gasteiger partial charge on any atom is 0.270 e. The summed E-state index contributed by atoms with van der Waals surface area (Å²) in [5.41, 5.74) is 0.799. The van der Waals surface area contributed by atoms with Gasteiger partial charge in [-0.2, -0.15) is 4.98 Å². The van der Waals surface area contributed by atoms with Gasteiger partial charge in [0.15, 0.2) is 0 Å². The predicted octanol–water partition coefficient (Wildman–Crippen LogP) is 5.56. The number of aromatic nitrogens is 2. The van der Waals surface area contributed by atoms with Gasteiger partial charge in [0.2, 0.25) is 5.95 Å². The van der Waals surface area contributed by atoms with Crippen molar-refractivity contribution < 1.29 is 19.2 Å². The predicted molar refractivity (Wildman–Crippen MR) is 157 cm³/mol. The lowest BCUT2D eigenvalue weighted by Gasteiger charge is -2.30. The van der Waals surface area contributed by atoms with E-state index in [1.165, 1.54) is 18.2 Å². The molecule has 0 atom stereocenters. The van der Waals surface area contributed by atoms with Crippen LogP contribution >= 0.6 is 0 Å². The van der Waals surface area contributed by atoms with Crippen molar-refractivity contribution >= 4 is 34.3 Å². The minimum absolute atomic E-state index is 0.0801. The Balaban J connectivity index is 1.25. The number of nitrogens with one attached hydrogen (secondary N) is 2. The SMILES string of the molecule is COc1ccc(Oc2ccc([N+](=O)[O-])cc2C(=O)NC2CCC(Nc3nc(N(C)C)c4ccccc4n3)CC2)cc1. The van der Waals surface area contributed by atoms with Crippen molar-refractivity contribution in [3.63, 3.8) is 0 Å². The molecular formula is C30H32N6O5. The number of anilines is 2. The number of carbonyl (C=O) groups is 1. The zero-order valence-electron chi connectivity index (χ0n) is 23.2. The number of rotatable bonds is 9. The standard InChI is InChI=1S/C30H32N6O5/c1-35(2)28-24-6-4-5-7-26(24)33-30(34-28)32-20-10-8-19(9-11-20)31-29(37)25-18-21(36(38)39)12-17-27(25)41-23-15-13-22(40-3)14-16-23/h4-7,12-20H,8-11H2,1-3H3,(H,31,37)(H,32,33,34). The number of ether oxygens (including phenoxy) is 2. The quantitative estimate of drug-likeness (QED) is 0.201. The van der Waals surface area contributed by atoms with Crippen LogP contribution in [0.3, 0.4) is 0 Å². The molecule has 11 heteroatoms. The molecule has 1 aromatic heterocycles. The molecule has 3 aromatic carbocycles. The summed E-state index contributed by atoms with van der Waals surface area (Å²) in [6, 6.07) is 18.9. The highest BCUT2D eigenvalue weighted by Crippen LogP contribution is 2.31. The molecule has 1 heterocycles. The van der Waals surface area contributed by atoms with Crippen LogP contribution in [0.5, 0.6) is 17.2 Å². The monoisotopic (exact) mass is 556 g/mol. The Kier molecular flexibility index (Phi) is 8.14. The van der Waals surface area contributed by atoms with E-state index in [-0.39, 0.29) is 29.1 Å². The van der Waals surface area contributed by atoms with E-state index < -0.39 is 10.8 Å². The second-order valence-corrected chi connectivity index (χ2v) is 10.2. The van der Waals surface area contributed by atoms with Crippen molar-refractivity contribution in [3.8, 4) is 17.2 Å². The van der Waals surface area contributed by atoms with Crippen LogP contribution in [0.25, 0.3) is 10.9 Å². The summed E-state index contributed by atoms with van der Waals surface area (Å²) >= 11 is 0. The first-order chi connectivity index (χ1) is 19.8. The summed E-state index contributed by atoms with van der Waals surface area (Å²) in [6.07, 6.45) is 3.09. The third kappa shape index (κ3) is 6.46. The van der Waals surface area contributed by atoms with Gasteiger partial charge in [-0.3, -0.25) is 14.9 Å². The van der Waals surface area contributed by atoms with Crippen molar-refractivity contribution in [2.75, 3.05) is 31.4 Å². The molecule has 1 aliphatic carbocycles. The van der Waals surface area contributed by atoms with Crippen molar-refractivity contribution in [1.29, 1.82) is 0 Å². The number of nitro benzene ring substituents is 1. The Morgan fingerprint density at radius 3 is 2.32 bits per heavy atom. The molecule has 1 saturated carbocycles. The van der Waals surface area contributed by atoms with Crippen LogP contribution in [0.4, 0.5) is 17.5 Å². The molecule has 0 spiro atoms. The summed E-state index contributed by atoms with van der Waals surface area (Å²) in [4.78, 5) is 35.6. The van der Waals surface area contributed by atoms with Crippen LogP contribution < -0.4 is 25.0 Å². The molecule has 11 nitrogen and oxygen atoms in total. The highest BCUT2D eigenvalue weighted by Gasteiger charge is 2.26. The summed E-state index contributed by atoms with van der Waals surface area (Å²) in [6.45, 7) is 0. The largest absolute Gasteiger partial charge is 0.497 e. The molecule has 0 aliphatic heterocycles. The van der Waals surface area contributed by atoms with Crippen LogP contribution in [0.1, 0.15) is 36.0 Å². The lowest BCUT2D eigenvalue weighted by atomic mass is 9.91. The van der Waals surface area contributed by atoms with Crippen LogP contribution in [-0.4, -0.2) is 54.1 Å². The summed E-state index contributed by atoms with van der Waals surface area (Å²) in [5, 5.41) is 18.9. The molecule has 212 valence electrons. The summed E-state index contributed by atoms with van der Waals surface area (Å²) < 4.78 is 11.1. The smallest absolute Gasteiger partial charge is 0.270 e. The Morgan fingerprint density at radius 2 is 1.63 bits per heavy atom. The lowest BCUT2D eigenvalue weighted by molar-refractivity contribution is -0.384. The Labute approximate surface area is 237 Å². The fraction of sp³-hybridized carbons (Fsp3) is 0.300. The second-order valence-electron chi connectivity index (χ2n) is 10.2. The van der Waals surface area contributed by atoms with E-state index in [0.29, 0.717) is 17.4 Å². The number of hydrogen-bond donors (Lipinski definition) is 2. The average molecular weight is 557 g/mol. The highest BCUT2D eigenvalue weighted by molar-refractivity contribution is 5.98. The van der Waals surface area contributed by atoms with Gasteiger partial charge in [0.1, 0.15) is 23.1 Å². The van der Waals surface area contributed by atoms with Crippen LogP contribution in [0.15, 0.2) is 66.7 Å². The Bertz CT molecular complexity index is 1550. The van der Waals surface area contributed by atoms with Gasteiger partial charge in [-0.1, -0.05) is 12.1 Å². The third-order valence-electron chi connectivity index (χ3n) is 7.11. The zero-order chi connectivity index (χ0) is 28.9. The molecule has 2 N–H and O–H groups in total. The summed E-state index contributed by atoms with van der Waals surface area (Å²) in [5.74, 6) is 2.39. The third-order valence-corrected chi connectivity index (χ3v) is 7.11. The number of amides is 1. The lowest BCUT2D eigenvalue weighted by Crippen LogP contribution is -2.40. The molecule has 5 rings (SSSR count). The number of nitrogens with zero attached hydrogens (tertiary/aromatic N) is 4. The van der Waals surface area contributed by atoms with Crippen molar-refractivity contribution in [2.24, 2.45) is 0 Å². The number of nitro groups is 1. The first kappa shape index (κ1) is 27.6. The summed E-state index contributed by atoms with van der Waals surface area (Å²) in [7, 11) is 5.48. The van der Waals surface area contributed by atoms with Crippen molar-refractivity contribution in [2.45, 2.75) is 37.8 Å². The normalized spacial score (nSPS) is 16.6. The van der Waals surface area contributed by atoms with Crippen molar-refractivity contribution in [3.05, 3.63) is 82.4 Å². The molecule has 1 amide bonds. The van der Waals surface area contributed by atoms with Gasteiger partial charge in [0.25, 0.3) is 11.6 Å². The van der Waals surface area contributed by atoms with Gasteiger partial charge >= 0.3 is 0 Å². The highest BCUT2D eigenvalue weighted by atomic mass is 16.6. The van der Waals surface area contributed by atoms with Crippen LogP contribution in [0.2, 0.25) is 0 Å². The minimum Gasteiger partial charge on any atom is -0.497 e. The van der Waals surface area contributed by atoms with E-state index in [9.17, 15) is 14.9 Å².